The molecule has 0 N–H and O–H groups in total. The number of rotatable bonds is 6. The lowest BCUT2D eigenvalue weighted by molar-refractivity contribution is 0.0535. The Morgan fingerprint density at radius 2 is 1.92 bits per heavy atom. The van der Waals surface area contributed by atoms with Gasteiger partial charge in [0.25, 0.3) is 12.3 Å². The van der Waals surface area contributed by atoms with Crippen LogP contribution in [0.4, 0.5) is 8.78 Å². The van der Waals surface area contributed by atoms with Gasteiger partial charge in [-0.3, -0.25) is 4.79 Å². The molecule has 0 atom stereocenters. The van der Waals surface area contributed by atoms with E-state index in [1.807, 2.05) is 18.2 Å². The van der Waals surface area contributed by atoms with E-state index < -0.39 is 18.9 Å². The van der Waals surface area contributed by atoms with Gasteiger partial charge in [-0.1, -0.05) is 36.4 Å². The normalized spacial score (nSPS) is 10.8. The van der Waals surface area contributed by atoms with Crippen LogP contribution in [0.3, 0.4) is 0 Å². The minimum Gasteiger partial charge on any atom is -0.329 e. The molecule has 1 heterocycles. The fourth-order valence-electron chi connectivity index (χ4n) is 2.50. The van der Waals surface area contributed by atoms with Gasteiger partial charge in [-0.2, -0.15) is 5.10 Å². The molecule has 0 unspecified atom stereocenters. The summed E-state index contributed by atoms with van der Waals surface area (Å²) in [5.41, 5.74) is 1.76. The smallest absolute Gasteiger partial charge is 0.255 e. The molecule has 0 saturated heterocycles. The van der Waals surface area contributed by atoms with Crippen molar-refractivity contribution in [3.8, 4) is 5.69 Å². The number of hydrogen-bond donors (Lipinski definition) is 0. The largest absolute Gasteiger partial charge is 0.329 e. The Balaban J connectivity index is 1.85. The van der Waals surface area contributed by atoms with Gasteiger partial charge < -0.3 is 4.90 Å². The summed E-state index contributed by atoms with van der Waals surface area (Å²) >= 11 is 0. The van der Waals surface area contributed by atoms with Gasteiger partial charge in [0, 0.05) is 12.1 Å². The van der Waals surface area contributed by atoms with Crippen LogP contribution in [-0.2, 0) is 6.54 Å². The third-order valence-corrected chi connectivity index (χ3v) is 3.64. The van der Waals surface area contributed by atoms with Gasteiger partial charge in [-0.05, 0) is 23.8 Å². The molecule has 128 valence electrons. The lowest BCUT2D eigenvalue weighted by Crippen LogP contribution is -2.34. The third kappa shape index (κ3) is 4.26. The molecule has 3 aromatic rings. The number of amides is 1. The number of aromatic nitrogens is 3. The summed E-state index contributed by atoms with van der Waals surface area (Å²) < 4.78 is 27.4. The summed E-state index contributed by atoms with van der Waals surface area (Å²) in [7, 11) is 0. The van der Waals surface area contributed by atoms with E-state index in [1.165, 1.54) is 17.3 Å². The molecule has 1 amide bonds. The van der Waals surface area contributed by atoms with E-state index >= 15 is 0 Å². The molecular weight excluding hydrogens is 326 g/mol. The van der Waals surface area contributed by atoms with Crippen molar-refractivity contribution < 1.29 is 13.6 Å². The summed E-state index contributed by atoms with van der Waals surface area (Å²) in [6.45, 7) is -0.501. The first-order valence-electron chi connectivity index (χ1n) is 7.70. The number of benzene rings is 2. The molecule has 0 aliphatic carbocycles. The zero-order valence-corrected chi connectivity index (χ0v) is 13.3. The van der Waals surface area contributed by atoms with Crippen LogP contribution in [0.2, 0.25) is 0 Å². The summed E-state index contributed by atoms with van der Waals surface area (Å²) in [5, 5.41) is 4.01. The standard InChI is InChI=1S/C18H16F2N4O/c19-17(20)11-23(10-14-5-2-1-3-6-14)18(25)15-7-4-8-16(9-15)24-13-21-12-22-24/h1-9,12-13,17H,10-11H2. The third-order valence-electron chi connectivity index (χ3n) is 3.64. The molecule has 0 radical (unpaired) electrons. The maximum atomic E-state index is 12.9. The van der Waals surface area contributed by atoms with E-state index in [9.17, 15) is 13.6 Å². The van der Waals surface area contributed by atoms with Crippen LogP contribution < -0.4 is 0 Å². The molecule has 0 fully saturated rings. The zero-order chi connectivity index (χ0) is 17.6. The van der Waals surface area contributed by atoms with Crippen molar-refractivity contribution in [3.63, 3.8) is 0 Å². The summed E-state index contributed by atoms with van der Waals surface area (Å²) in [5.74, 6) is -0.453. The Morgan fingerprint density at radius 3 is 2.60 bits per heavy atom. The highest BCUT2D eigenvalue weighted by molar-refractivity contribution is 5.94. The molecular formula is C18H16F2N4O. The first-order chi connectivity index (χ1) is 12.1. The number of carbonyl (C=O) groups excluding carboxylic acids is 1. The van der Waals surface area contributed by atoms with E-state index in [-0.39, 0.29) is 6.54 Å². The summed E-state index contributed by atoms with van der Waals surface area (Å²) in [4.78, 5) is 17.8. The number of alkyl halides is 2. The molecule has 5 nitrogen and oxygen atoms in total. The first-order valence-corrected chi connectivity index (χ1v) is 7.70. The van der Waals surface area contributed by atoms with Crippen molar-refractivity contribution in [3.05, 3.63) is 78.4 Å². The van der Waals surface area contributed by atoms with E-state index in [1.54, 1.807) is 36.4 Å². The van der Waals surface area contributed by atoms with Gasteiger partial charge in [0.15, 0.2) is 0 Å². The highest BCUT2D eigenvalue weighted by atomic mass is 19.3. The van der Waals surface area contributed by atoms with Crippen LogP contribution in [0.1, 0.15) is 15.9 Å². The Hall–Kier alpha value is -3.09. The number of nitrogens with zero attached hydrogens (tertiary/aromatic N) is 4. The van der Waals surface area contributed by atoms with Crippen molar-refractivity contribution in [2.24, 2.45) is 0 Å². The SMILES string of the molecule is O=C(c1cccc(-n2cncn2)c1)N(Cc1ccccc1)CC(F)F. The van der Waals surface area contributed by atoms with Crippen LogP contribution >= 0.6 is 0 Å². The Labute approximate surface area is 143 Å². The minimum absolute atomic E-state index is 0.123. The maximum absolute atomic E-state index is 12.9. The molecule has 0 spiro atoms. The number of carbonyl (C=O) groups is 1. The fraction of sp³-hybridized carbons (Fsp3) is 0.167. The Bertz CT molecular complexity index is 822. The first kappa shape index (κ1) is 16.8. The average molecular weight is 342 g/mol. The Morgan fingerprint density at radius 1 is 1.12 bits per heavy atom. The van der Waals surface area contributed by atoms with Gasteiger partial charge in [0.2, 0.25) is 0 Å². The zero-order valence-electron chi connectivity index (χ0n) is 13.3. The molecule has 1 aromatic heterocycles. The van der Waals surface area contributed by atoms with E-state index in [2.05, 4.69) is 10.1 Å². The monoisotopic (exact) mass is 342 g/mol. The van der Waals surface area contributed by atoms with Gasteiger partial charge >= 0.3 is 0 Å². The molecule has 3 rings (SSSR count). The molecule has 2 aromatic carbocycles. The topological polar surface area (TPSA) is 51.0 Å². The molecule has 0 aliphatic rings. The van der Waals surface area contributed by atoms with Crippen molar-refractivity contribution in [2.45, 2.75) is 13.0 Å². The van der Waals surface area contributed by atoms with Crippen molar-refractivity contribution in [1.82, 2.24) is 19.7 Å². The van der Waals surface area contributed by atoms with Gasteiger partial charge in [0.1, 0.15) is 12.7 Å². The molecule has 0 bridgehead atoms. The second-order valence-electron chi connectivity index (χ2n) is 5.45. The van der Waals surface area contributed by atoms with E-state index in [0.29, 0.717) is 11.3 Å². The molecule has 0 saturated carbocycles. The lowest BCUT2D eigenvalue weighted by atomic mass is 10.1. The lowest BCUT2D eigenvalue weighted by Gasteiger charge is -2.23. The van der Waals surface area contributed by atoms with Crippen LogP contribution in [0.5, 0.6) is 0 Å². The summed E-state index contributed by atoms with van der Waals surface area (Å²) in [6, 6.07) is 15.7. The van der Waals surface area contributed by atoms with Gasteiger partial charge in [0.05, 0.1) is 12.2 Å². The maximum Gasteiger partial charge on any atom is 0.255 e. The Kier molecular flexibility index (Phi) is 5.13. The number of halogens is 2. The van der Waals surface area contributed by atoms with Crippen molar-refractivity contribution >= 4 is 5.91 Å². The molecule has 7 heteroatoms. The predicted molar refractivity (Wildman–Crippen MR) is 88.5 cm³/mol. The summed E-state index contributed by atoms with van der Waals surface area (Å²) in [6.07, 6.45) is 0.281. The average Bonchev–Trinajstić information content (AvgIpc) is 3.16. The van der Waals surface area contributed by atoms with Crippen LogP contribution in [0.15, 0.2) is 67.3 Å². The van der Waals surface area contributed by atoms with Crippen molar-refractivity contribution in [2.75, 3.05) is 6.54 Å². The van der Waals surface area contributed by atoms with Crippen molar-refractivity contribution in [1.29, 1.82) is 0 Å². The molecule has 0 aliphatic heterocycles. The van der Waals surface area contributed by atoms with Gasteiger partial charge in [-0.25, -0.2) is 18.4 Å². The van der Waals surface area contributed by atoms with Crippen LogP contribution in [-0.4, -0.2) is 38.5 Å². The predicted octanol–water partition coefficient (Wildman–Crippen LogP) is 3.17. The van der Waals surface area contributed by atoms with Crippen LogP contribution in [0.25, 0.3) is 5.69 Å². The van der Waals surface area contributed by atoms with Crippen LogP contribution in [0, 0.1) is 0 Å². The van der Waals surface area contributed by atoms with E-state index in [4.69, 9.17) is 0 Å². The van der Waals surface area contributed by atoms with Gasteiger partial charge in [-0.15, -0.1) is 0 Å². The highest BCUT2D eigenvalue weighted by Crippen LogP contribution is 2.15. The quantitative estimate of drug-likeness (QED) is 0.691. The van der Waals surface area contributed by atoms with E-state index in [0.717, 1.165) is 10.5 Å². The minimum atomic E-state index is -2.61. The number of hydrogen-bond acceptors (Lipinski definition) is 3. The molecule has 25 heavy (non-hydrogen) atoms. The highest BCUT2D eigenvalue weighted by Gasteiger charge is 2.20. The second kappa shape index (κ2) is 7.65. The fourth-order valence-corrected chi connectivity index (χ4v) is 2.50. The second-order valence-corrected chi connectivity index (χ2v) is 5.45.